The largest absolute Gasteiger partial charge is 0.476 e. The van der Waals surface area contributed by atoms with E-state index in [1.807, 2.05) is 0 Å². The third kappa shape index (κ3) is 3.11. The molecule has 0 spiro atoms. The van der Waals surface area contributed by atoms with Gasteiger partial charge in [-0.15, -0.1) is 0 Å². The van der Waals surface area contributed by atoms with Crippen LogP contribution in [0.15, 0.2) is 24.5 Å². The summed E-state index contributed by atoms with van der Waals surface area (Å²) in [5.41, 5.74) is -1.17. The number of benzene rings is 1. The SMILES string of the molecule is O=C(Nc1nccnc1C(=O)O)c1cc(F)c(Cl)cc1F. The fourth-order valence-electron chi connectivity index (χ4n) is 1.46. The average molecular weight is 314 g/mol. The van der Waals surface area contributed by atoms with Crippen molar-refractivity contribution < 1.29 is 23.5 Å². The van der Waals surface area contributed by atoms with Gasteiger partial charge >= 0.3 is 5.97 Å². The molecule has 2 N–H and O–H groups in total. The van der Waals surface area contributed by atoms with E-state index in [9.17, 15) is 18.4 Å². The molecule has 0 aliphatic rings. The number of halogens is 3. The number of nitrogens with zero attached hydrogens (tertiary/aromatic N) is 2. The van der Waals surface area contributed by atoms with E-state index in [0.717, 1.165) is 12.4 Å². The Kier molecular flexibility index (Phi) is 4.08. The summed E-state index contributed by atoms with van der Waals surface area (Å²) in [6, 6.07) is 1.24. The Morgan fingerprint density at radius 3 is 2.48 bits per heavy atom. The lowest BCUT2D eigenvalue weighted by Gasteiger charge is -2.07. The van der Waals surface area contributed by atoms with Crippen molar-refractivity contribution >= 4 is 29.3 Å². The molecule has 108 valence electrons. The Hall–Kier alpha value is -2.61. The number of anilines is 1. The molecule has 21 heavy (non-hydrogen) atoms. The number of hydrogen-bond acceptors (Lipinski definition) is 4. The summed E-state index contributed by atoms with van der Waals surface area (Å²) in [5.74, 6) is -4.93. The van der Waals surface area contributed by atoms with Gasteiger partial charge in [-0.2, -0.15) is 0 Å². The summed E-state index contributed by atoms with van der Waals surface area (Å²) in [7, 11) is 0. The van der Waals surface area contributed by atoms with Crippen LogP contribution < -0.4 is 5.32 Å². The van der Waals surface area contributed by atoms with Crippen LogP contribution in [-0.2, 0) is 0 Å². The number of carboxylic acids is 1. The molecule has 0 aliphatic heterocycles. The van der Waals surface area contributed by atoms with E-state index in [1.54, 1.807) is 0 Å². The van der Waals surface area contributed by atoms with Crippen LogP contribution in [0.1, 0.15) is 20.8 Å². The molecule has 0 aliphatic carbocycles. The van der Waals surface area contributed by atoms with Crippen molar-refractivity contribution in [2.45, 2.75) is 0 Å². The van der Waals surface area contributed by atoms with Crippen LogP contribution in [0.4, 0.5) is 14.6 Å². The van der Waals surface area contributed by atoms with Gasteiger partial charge in [-0.05, 0) is 12.1 Å². The maximum Gasteiger partial charge on any atom is 0.358 e. The first-order chi connectivity index (χ1) is 9.90. The lowest BCUT2D eigenvalue weighted by atomic mass is 10.2. The highest BCUT2D eigenvalue weighted by Gasteiger charge is 2.19. The third-order valence-corrected chi connectivity index (χ3v) is 2.68. The number of aromatic carboxylic acids is 1. The number of rotatable bonds is 3. The molecule has 1 amide bonds. The normalized spacial score (nSPS) is 10.2. The fraction of sp³-hybridized carbons (Fsp3) is 0. The summed E-state index contributed by atoms with van der Waals surface area (Å²) in [4.78, 5) is 29.9. The Morgan fingerprint density at radius 2 is 1.81 bits per heavy atom. The Balaban J connectivity index is 2.35. The lowest BCUT2D eigenvalue weighted by molar-refractivity contribution is 0.0691. The van der Waals surface area contributed by atoms with E-state index in [-0.39, 0.29) is 5.82 Å². The average Bonchev–Trinajstić information content (AvgIpc) is 2.43. The zero-order valence-electron chi connectivity index (χ0n) is 10.1. The molecule has 0 atom stereocenters. The maximum absolute atomic E-state index is 13.6. The molecule has 9 heteroatoms. The van der Waals surface area contributed by atoms with Crippen molar-refractivity contribution in [1.82, 2.24) is 9.97 Å². The highest BCUT2D eigenvalue weighted by atomic mass is 35.5. The first-order valence-corrected chi connectivity index (χ1v) is 5.78. The maximum atomic E-state index is 13.6. The lowest BCUT2D eigenvalue weighted by Crippen LogP contribution is -2.18. The minimum absolute atomic E-state index is 0.384. The van der Waals surface area contributed by atoms with Gasteiger partial charge in [0, 0.05) is 12.4 Å². The Morgan fingerprint density at radius 1 is 1.14 bits per heavy atom. The predicted octanol–water partition coefficient (Wildman–Crippen LogP) is 2.36. The van der Waals surface area contributed by atoms with Crippen LogP contribution >= 0.6 is 11.6 Å². The summed E-state index contributed by atoms with van der Waals surface area (Å²) in [6.07, 6.45) is 2.25. The van der Waals surface area contributed by atoms with Crippen LogP contribution in [-0.4, -0.2) is 27.0 Å². The van der Waals surface area contributed by atoms with E-state index in [2.05, 4.69) is 15.3 Å². The first-order valence-electron chi connectivity index (χ1n) is 5.40. The predicted molar refractivity (Wildman–Crippen MR) is 68.3 cm³/mol. The number of carbonyl (C=O) groups is 2. The molecule has 1 aromatic heterocycles. The second-order valence-electron chi connectivity index (χ2n) is 3.76. The van der Waals surface area contributed by atoms with Gasteiger partial charge in [0.05, 0.1) is 10.6 Å². The van der Waals surface area contributed by atoms with Gasteiger partial charge in [-0.1, -0.05) is 11.6 Å². The molecule has 1 aromatic carbocycles. The summed E-state index contributed by atoms with van der Waals surface area (Å²) < 4.78 is 26.8. The van der Waals surface area contributed by atoms with E-state index in [1.165, 1.54) is 0 Å². The minimum atomic E-state index is -1.43. The molecular weight excluding hydrogens is 308 g/mol. The Bertz CT molecular complexity index is 740. The monoisotopic (exact) mass is 313 g/mol. The molecular formula is C12H6ClF2N3O3. The zero-order valence-corrected chi connectivity index (χ0v) is 10.9. The van der Waals surface area contributed by atoms with Gasteiger partial charge in [0.15, 0.2) is 11.5 Å². The first kappa shape index (κ1) is 14.8. The number of amides is 1. The van der Waals surface area contributed by atoms with Crippen molar-refractivity contribution in [3.63, 3.8) is 0 Å². The molecule has 0 fully saturated rings. The van der Waals surface area contributed by atoms with Crippen molar-refractivity contribution in [1.29, 1.82) is 0 Å². The standard InChI is InChI=1S/C12H6ClF2N3O3/c13-6-4-7(14)5(3-8(6)15)11(19)18-10-9(12(20)21)16-1-2-17-10/h1-4H,(H,20,21)(H,17,18,19). The van der Waals surface area contributed by atoms with Crippen LogP contribution in [0.3, 0.4) is 0 Å². The van der Waals surface area contributed by atoms with E-state index in [0.29, 0.717) is 12.1 Å². The third-order valence-electron chi connectivity index (χ3n) is 2.39. The van der Waals surface area contributed by atoms with Crippen LogP contribution in [0, 0.1) is 11.6 Å². The van der Waals surface area contributed by atoms with Crippen LogP contribution in [0.5, 0.6) is 0 Å². The topological polar surface area (TPSA) is 92.2 Å². The van der Waals surface area contributed by atoms with Gasteiger partial charge < -0.3 is 10.4 Å². The molecule has 0 saturated heterocycles. The minimum Gasteiger partial charge on any atom is -0.476 e. The molecule has 0 saturated carbocycles. The number of hydrogen-bond donors (Lipinski definition) is 2. The summed E-state index contributed by atoms with van der Waals surface area (Å²) in [6.45, 7) is 0. The molecule has 1 heterocycles. The summed E-state index contributed by atoms with van der Waals surface area (Å²) in [5, 5.41) is 10.5. The molecule has 2 rings (SSSR count). The quantitative estimate of drug-likeness (QED) is 0.849. The van der Waals surface area contributed by atoms with Gasteiger partial charge in [0.2, 0.25) is 0 Å². The number of carbonyl (C=O) groups excluding carboxylic acids is 1. The highest BCUT2D eigenvalue weighted by molar-refractivity contribution is 6.30. The zero-order chi connectivity index (χ0) is 15.6. The number of aromatic nitrogens is 2. The van der Waals surface area contributed by atoms with Gasteiger partial charge in [0.25, 0.3) is 5.91 Å². The second kappa shape index (κ2) is 5.80. The van der Waals surface area contributed by atoms with Crippen molar-refractivity contribution in [2.24, 2.45) is 0 Å². The van der Waals surface area contributed by atoms with Crippen molar-refractivity contribution in [2.75, 3.05) is 5.32 Å². The molecule has 0 radical (unpaired) electrons. The second-order valence-corrected chi connectivity index (χ2v) is 4.17. The highest BCUT2D eigenvalue weighted by Crippen LogP contribution is 2.20. The molecule has 2 aromatic rings. The Labute approximate surface area is 121 Å². The van der Waals surface area contributed by atoms with Crippen molar-refractivity contribution in [3.8, 4) is 0 Å². The van der Waals surface area contributed by atoms with Gasteiger partial charge in [-0.25, -0.2) is 23.5 Å². The number of nitrogens with one attached hydrogen (secondary N) is 1. The summed E-state index contributed by atoms with van der Waals surface area (Å²) >= 11 is 5.37. The van der Waals surface area contributed by atoms with Gasteiger partial charge in [-0.3, -0.25) is 4.79 Å². The molecule has 0 unspecified atom stereocenters. The van der Waals surface area contributed by atoms with E-state index in [4.69, 9.17) is 16.7 Å². The van der Waals surface area contributed by atoms with Crippen molar-refractivity contribution in [3.05, 3.63) is 52.4 Å². The van der Waals surface area contributed by atoms with E-state index >= 15 is 0 Å². The smallest absolute Gasteiger partial charge is 0.358 e. The fourth-order valence-corrected chi connectivity index (χ4v) is 1.61. The van der Waals surface area contributed by atoms with E-state index < -0.39 is 39.8 Å². The van der Waals surface area contributed by atoms with Crippen LogP contribution in [0.2, 0.25) is 5.02 Å². The molecule has 6 nitrogen and oxygen atoms in total. The molecule has 0 bridgehead atoms. The number of carboxylic acid groups (broad SMARTS) is 1. The van der Waals surface area contributed by atoms with Gasteiger partial charge in [0.1, 0.15) is 11.6 Å². The van der Waals surface area contributed by atoms with Crippen LogP contribution in [0.25, 0.3) is 0 Å².